The molecule has 0 atom stereocenters. The number of hydrogen-bond donors (Lipinski definition) is 2. The number of pyridine rings is 1. The van der Waals surface area contributed by atoms with Crippen LogP contribution in [0.25, 0.3) is 0 Å². The zero-order chi connectivity index (χ0) is 15.7. The number of hydrogen-bond acceptors (Lipinski definition) is 4. The van der Waals surface area contributed by atoms with Crippen molar-refractivity contribution in [3.05, 3.63) is 46.6 Å². The lowest BCUT2D eigenvalue weighted by molar-refractivity contribution is 0.601. The van der Waals surface area contributed by atoms with Crippen molar-refractivity contribution < 1.29 is 8.42 Å². The molecule has 22 heavy (non-hydrogen) atoms. The van der Waals surface area contributed by atoms with Gasteiger partial charge >= 0.3 is 0 Å². The first-order valence-corrected chi connectivity index (χ1v) is 8.88. The van der Waals surface area contributed by atoms with Gasteiger partial charge in [-0.25, -0.2) is 13.4 Å². The highest BCUT2D eigenvalue weighted by molar-refractivity contribution is 7.92. The minimum Gasteiger partial charge on any atom is -0.381 e. The maximum Gasteiger partial charge on any atom is 0.263 e. The molecular weight excluding hydrogens is 345 g/mol. The minimum absolute atomic E-state index is 0.0314. The van der Waals surface area contributed by atoms with E-state index < -0.39 is 10.0 Å². The quantitative estimate of drug-likeness (QED) is 0.854. The summed E-state index contributed by atoms with van der Waals surface area (Å²) >= 11 is 11.6. The number of halogens is 2. The second kappa shape index (κ2) is 5.95. The molecule has 5 nitrogen and oxygen atoms in total. The predicted octanol–water partition coefficient (Wildman–Crippen LogP) is 3.76. The number of nitrogens with one attached hydrogen (secondary N) is 2. The van der Waals surface area contributed by atoms with Crippen molar-refractivity contribution in [2.75, 3.05) is 10.0 Å². The number of benzene rings is 1. The average molecular weight is 358 g/mol. The molecule has 2 N–H and O–H groups in total. The molecule has 0 unspecified atom stereocenters. The fourth-order valence-corrected chi connectivity index (χ4v) is 3.24. The second-order valence-corrected chi connectivity index (χ2v) is 7.53. The third kappa shape index (κ3) is 3.63. The number of sulfonamides is 1. The van der Waals surface area contributed by atoms with E-state index in [0.717, 1.165) is 18.5 Å². The largest absolute Gasteiger partial charge is 0.381 e. The van der Waals surface area contributed by atoms with Crippen LogP contribution in [0.2, 0.25) is 10.0 Å². The van der Waals surface area contributed by atoms with Crippen LogP contribution in [0.15, 0.2) is 41.4 Å². The van der Waals surface area contributed by atoms with Crippen LogP contribution >= 0.6 is 23.2 Å². The van der Waals surface area contributed by atoms with Gasteiger partial charge < -0.3 is 5.32 Å². The smallest absolute Gasteiger partial charge is 0.263 e. The van der Waals surface area contributed by atoms with E-state index in [9.17, 15) is 8.42 Å². The van der Waals surface area contributed by atoms with Crippen molar-refractivity contribution in [1.82, 2.24) is 4.98 Å². The Labute approximate surface area is 138 Å². The van der Waals surface area contributed by atoms with Gasteiger partial charge in [-0.3, -0.25) is 4.72 Å². The van der Waals surface area contributed by atoms with Gasteiger partial charge in [0.05, 0.1) is 26.8 Å². The third-order valence-electron chi connectivity index (χ3n) is 3.15. The van der Waals surface area contributed by atoms with Crippen LogP contribution in [0, 0.1) is 0 Å². The van der Waals surface area contributed by atoms with E-state index in [-0.39, 0.29) is 15.7 Å². The molecule has 2 aromatic rings. The molecule has 0 amide bonds. The molecule has 1 heterocycles. The van der Waals surface area contributed by atoms with Crippen molar-refractivity contribution in [1.29, 1.82) is 0 Å². The molecule has 1 aliphatic carbocycles. The summed E-state index contributed by atoms with van der Waals surface area (Å²) in [5.41, 5.74) is 0.875. The van der Waals surface area contributed by atoms with Crippen LogP contribution in [0.1, 0.15) is 12.8 Å². The van der Waals surface area contributed by atoms with Gasteiger partial charge in [0.2, 0.25) is 0 Å². The Bertz CT molecular complexity index is 790. The van der Waals surface area contributed by atoms with Gasteiger partial charge in [-0.2, -0.15) is 0 Å². The molecule has 0 spiro atoms. The Morgan fingerprint density at radius 1 is 1.09 bits per heavy atom. The summed E-state index contributed by atoms with van der Waals surface area (Å²) in [6.07, 6.45) is 3.92. The molecule has 1 saturated carbocycles. The van der Waals surface area contributed by atoms with Crippen molar-refractivity contribution in [3.8, 4) is 0 Å². The van der Waals surface area contributed by atoms with Gasteiger partial charge in [0.15, 0.2) is 0 Å². The maximum atomic E-state index is 12.3. The number of aromatic nitrogens is 1. The van der Waals surface area contributed by atoms with E-state index in [0.29, 0.717) is 11.1 Å². The molecule has 1 aromatic carbocycles. The summed E-state index contributed by atoms with van der Waals surface area (Å²) in [7, 11) is -3.75. The molecule has 0 bridgehead atoms. The molecule has 0 aliphatic heterocycles. The second-order valence-electron chi connectivity index (χ2n) is 5.03. The normalized spacial score (nSPS) is 14.6. The average Bonchev–Trinajstić information content (AvgIpc) is 3.27. The van der Waals surface area contributed by atoms with Crippen LogP contribution in [0.5, 0.6) is 0 Å². The Hall–Kier alpha value is -1.50. The summed E-state index contributed by atoms with van der Waals surface area (Å²) < 4.78 is 26.9. The van der Waals surface area contributed by atoms with E-state index in [4.69, 9.17) is 23.2 Å². The summed E-state index contributed by atoms with van der Waals surface area (Å²) in [5, 5.41) is 3.76. The predicted molar refractivity (Wildman–Crippen MR) is 88.2 cm³/mol. The monoisotopic (exact) mass is 357 g/mol. The molecule has 0 radical (unpaired) electrons. The zero-order valence-corrected chi connectivity index (χ0v) is 13.7. The lowest BCUT2D eigenvalue weighted by Crippen LogP contribution is -2.14. The summed E-state index contributed by atoms with van der Waals surface area (Å²) in [6, 6.07) is 8.04. The SMILES string of the molecule is O=S(=O)(Nc1ccc(NC2CC2)cn1)c1ccc(Cl)c(Cl)c1. The third-order valence-corrected chi connectivity index (χ3v) is 5.24. The van der Waals surface area contributed by atoms with Crippen LogP contribution < -0.4 is 10.0 Å². The standard InChI is InChI=1S/C14H13Cl2N3O2S/c15-12-5-4-11(7-13(12)16)22(20,21)19-14-6-3-10(8-17-14)18-9-1-2-9/h3-9,18H,1-2H2,(H,17,19). The number of nitrogens with zero attached hydrogens (tertiary/aromatic N) is 1. The van der Waals surface area contributed by atoms with Crippen molar-refractivity contribution in [3.63, 3.8) is 0 Å². The molecule has 1 fully saturated rings. The van der Waals surface area contributed by atoms with Crippen LogP contribution in [0.3, 0.4) is 0 Å². The lowest BCUT2D eigenvalue weighted by Gasteiger charge is -2.09. The summed E-state index contributed by atoms with van der Waals surface area (Å²) in [5.74, 6) is 0.243. The molecular formula is C14H13Cl2N3O2S. The highest BCUT2D eigenvalue weighted by Gasteiger charge is 2.21. The molecule has 8 heteroatoms. The van der Waals surface area contributed by atoms with E-state index in [1.165, 1.54) is 18.2 Å². The highest BCUT2D eigenvalue weighted by Crippen LogP contribution is 2.27. The molecule has 116 valence electrons. The van der Waals surface area contributed by atoms with Gasteiger partial charge in [-0.05, 0) is 43.2 Å². The van der Waals surface area contributed by atoms with E-state index in [1.807, 2.05) is 0 Å². The zero-order valence-electron chi connectivity index (χ0n) is 11.4. The van der Waals surface area contributed by atoms with Gasteiger partial charge in [0.1, 0.15) is 5.82 Å². The molecule has 0 saturated heterocycles. The van der Waals surface area contributed by atoms with Gasteiger partial charge in [-0.1, -0.05) is 23.2 Å². The number of anilines is 2. The van der Waals surface area contributed by atoms with E-state index >= 15 is 0 Å². The fraction of sp³-hybridized carbons (Fsp3) is 0.214. The summed E-state index contributed by atoms with van der Waals surface area (Å²) in [4.78, 5) is 4.13. The number of rotatable bonds is 5. The topological polar surface area (TPSA) is 71.1 Å². The highest BCUT2D eigenvalue weighted by atomic mass is 35.5. The van der Waals surface area contributed by atoms with Crippen molar-refractivity contribution in [2.45, 2.75) is 23.8 Å². The van der Waals surface area contributed by atoms with E-state index in [2.05, 4.69) is 15.0 Å². The van der Waals surface area contributed by atoms with Gasteiger partial charge in [-0.15, -0.1) is 0 Å². The Kier molecular flexibility index (Phi) is 4.16. The van der Waals surface area contributed by atoms with E-state index in [1.54, 1.807) is 18.3 Å². The van der Waals surface area contributed by atoms with Gasteiger partial charge in [0, 0.05) is 6.04 Å². The first-order chi connectivity index (χ1) is 10.4. The lowest BCUT2D eigenvalue weighted by atomic mass is 10.4. The van der Waals surface area contributed by atoms with Crippen molar-refractivity contribution >= 4 is 44.7 Å². The fourth-order valence-electron chi connectivity index (χ4n) is 1.84. The molecule has 3 rings (SSSR count). The Morgan fingerprint density at radius 3 is 2.45 bits per heavy atom. The molecule has 1 aliphatic rings. The van der Waals surface area contributed by atoms with Crippen LogP contribution in [-0.2, 0) is 10.0 Å². The first-order valence-electron chi connectivity index (χ1n) is 6.64. The Morgan fingerprint density at radius 2 is 1.86 bits per heavy atom. The van der Waals surface area contributed by atoms with Crippen LogP contribution in [0.4, 0.5) is 11.5 Å². The first kappa shape index (κ1) is 15.4. The maximum absolute atomic E-state index is 12.3. The van der Waals surface area contributed by atoms with Crippen LogP contribution in [-0.4, -0.2) is 19.4 Å². The van der Waals surface area contributed by atoms with Crippen molar-refractivity contribution in [2.24, 2.45) is 0 Å². The summed E-state index contributed by atoms with van der Waals surface area (Å²) in [6.45, 7) is 0. The van der Waals surface area contributed by atoms with Gasteiger partial charge in [0.25, 0.3) is 10.0 Å². The Balaban J connectivity index is 1.76. The minimum atomic E-state index is -3.75. The molecule has 1 aromatic heterocycles.